The van der Waals surface area contributed by atoms with E-state index in [1.807, 2.05) is 0 Å². The molecule has 2 fully saturated rings. The molecular weight excluding hydrogens is 211 g/mol. The number of allylic oxidation sites excluding steroid dienone is 1. The first-order valence-corrected chi connectivity index (χ1v) is 7.70. The number of hydrogen-bond donors (Lipinski definition) is 0. The fourth-order valence-corrected chi connectivity index (χ4v) is 4.49. The smallest absolute Gasteiger partial charge is 0.0138 e. The van der Waals surface area contributed by atoms with E-state index in [1.54, 1.807) is 0 Å². The molecule has 2 saturated carbocycles. The molecule has 0 nitrogen and oxygen atoms in total. The highest BCUT2D eigenvalue weighted by molar-refractivity contribution is 7.22. The molecule has 92 valence electrons. The minimum atomic E-state index is 0.807. The predicted molar refractivity (Wildman–Crippen MR) is 75.4 cm³/mol. The summed E-state index contributed by atoms with van der Waals surface area (Å²) in [7, 11) is 2.86. The molecule has 4 atom stereocenters. The van der Waals surface area contributed by atoms with Gasteiger partial charge in [-0.2, -0.15) is 0 Å². The van der Waals surface area contributed by atoms with Crippen LogP contribution in [0, 0.1) is 23.7 Å². The van der Waals surface area contributed by atoms with Crippen molar-refractivity contribution < 1.29 is 0 Å². The van der Waals surface area contributed by atoms with Gasteiger partial charge in [0.2, 0.25) is 0 Å². The maximum Gasteiger partial charge on any atom is -0.0138 e. The standard InChI is InChI=1S/C15H27P/c1-11(10-13-6-3-4-7-13)14-8-5-9-15(14)12(2)16/h11,13-15H,2-10,16H2,1H3. The van der Waals surface area contributed by atoms with E-state index >= 15 is 0 Å². The summed E-state index contributed by atoms with van der Waals surface area (Å²) in [6, 6.07) is 0. The minimum Gasteiger partial charge on any atom is -0.110 e. The van der Waals surface area contributed by atoms with Crippen LogP contribution in [0.4, 0.5) is 0 Å². The highest BCUT2D eigenvalue weighted by Gasteiger charge is 2.33. The molecule has 2 rings (SSSR count). The molecule has 2 aliphatic rings. The molecule has 0 aromatic rings. The fourth-order valence-electron chi connectivity index (χ4n) is 4.08. The zero-order chi connectivity index (χ0) is 11.5. The van der Waals surface area contributed by atoms with Gasteiger partial charge in [-0.05, 0) is 42.9 Å². The Morgan fingerprint density at radius 2 is 1.88 bits per heavy atom. The third-order valence-corrected chi connectivity index (χ3v) is 5.38. The van der Waals surface area contributed by atoms with Gasteiger partial charge in [0.25, 0.3) is 0 Å². The third-order valence-electron chi connectivity index (χ3n) is 4.96. The Hall–Kier alpha value is 0.170. The molecular formula is C15H27P. The first kappa shape index (κ1) is 12.6. The lowest BCUT2D eigenvalue weighted by molar-refractivity contribution is 0.259. The van der Waals surface area contributed by atoms with Crippen LogP contribution in [-0.2, 0) is 0 Å². The van der Waals surface area contributed by atoms with Gasteiger partial charge in [-0.15, -0.1) is 9.24 Å². The normalized spacial score (nSPS) is 33.1. The van der Waals surface area contributed by atoms with Gasteiger partial charge in [0, 0.05) is 0 Å². The van der Waals surface area contributed by atoms with Crippen LogP contribution < -0.4 is 0 Å². The lowest BCUT2D eigenvalue weighted by atomic mass is 9.79. The van der Waals surface area contributed by atoms with Gasteiger partial charge in [-0.1, -0.05) is 50.9 Å². The zero-order valence-electron chi connectivity index (χ0n) is 10.8. The van der Waals surface area contributed by atoms with Crippen LogP contribution in [0.15, 0.2) is 11.9 Å². The summed E-state index contributed by atoms with van der Waals surface area (Å²) in [5.74, 6) is 3.72. The summed E-state index contributed by atoms with van der Waals surface area (Å²) in [5, 5.41) is 1.36. The van der Waals surface area contributed by atoms with Crippen LogP contribution in [0.3, 0.4) is 0 Å². The lowest BCUT2D eigenvalue weighted by Crippen LogP contribution is -2.18. The van der Waals surface area contributed by atoms with Crippen molar-refractivity contribution in [1.82, 2.24) is 0 Å². The lowest BCUT2D eigenvalue weighted by Gasteiger charge is -2.28. The minimum absolute atomic E-state index is 0.807. The quantitative estimate of drug-likeness (QED) is 0.604. The average Bonchev–Trinajstić information content (AvgIpc) is 2.86. The van der Waals surface area contributed by atoms with E-state index in [1.165, 1.54) is 56.7 Å². The van der Waals surface area contributed by atoms with E-state index in [-0.39, 0.29) is 0 Å². The van der Waals surface area contributed by atoms with E-state index in [9.17, 15) is 0 Å². The molecule has 0 radical (unpaired) electrons. The monoisotopic (exact) mass is 238 g/mol. The molecule has 0 aliphatic heterocycles. The Morgan fingerprint density at radius 3 is 2.50 bits per heavy atom. The third kappa shape index (κ3) is 2.89. The highest BCUT2D eigenvalue weighted by atomic mass is 31.0. The molecule has 0 aromatic carbocycles. The van der Waals surface area contributed by atoms with Crippen LogP contribution in [0.2, 0.25) is 0 Å². The first-order chi connectivity index (χ1) is 7.68. The van der Waals surface area contributed by atoms with Crippen LogP contribution >= 0.6 is 9.24 Å². The topological polar surface area (TPSA) is 0 Å². The van der Waals surface area contributed by atoms with Gasteiger partial charge in [0.15, 0.2) is 0 Å². The Morgan fingerprint density at radius 1 is 1.19 bits per heavy atom. The van der Waals surface area contributed by atoms with Crippen molar-refractivity contribution in [2.45, 2.75) is 58.3 Å². The molecule has 16 heavy (non-hydrogen) atoms. The first-order valence-electron chi connectivity index (χ1n) is 7.12. The molecule has 1 heteroatoms. The molecule has 0 heterocycles. The summed E-state index contributed by atoms with van der Waals surface area (Å²) in [6.07, 6.45) is 11.7. The van der Waals surface area contributed by atoms with Crippen LogP contribution in [-0.4, -0.2) is 0 Å². The molecule has 0 N–H and O–H groups in total. The Bertz CT molecular complexity index is 240. The maximum atomic E-state index is 4.16. The molecule has 4 unspecified atom stereocenters. The van der Waals surface area contributed by atoms with Crippen molar-refractivity contribution in [3.05, 3.63) is 11.9 Å². The van der Waals surface area contributed by atoms with E-state index in [4.69, 9.17) is 0 Å². The molecule has 0 spiro atoms. The second-order valence-corrected chi connectivity index (χ2v) is 6.88. The van der Waals surface area contributed by atoms with E-state index in [0.717, 1.165) is 23.7 Å². The van der Waals surface area contributed by atoms with Crippen LogP contribution in [0.1, 0.15) is 58.3 Å². The SMILES string of the molecule is C=C(P)C1CCCC1C(C)CC1CCCC1. The van der Waals surface area contributed by atoms with Crippen LogP contribution in [0.5, 0.6) is 0 Å². The van der Waals surface area contributed by atoms with Crippen molar-refractivity contribution in [2.75, 3.05) is 0 Å². The summed E-state index contributed by atoms with van der Waals surface area (Å²) in [4.78, 5) is 0. The van der Waals surface area contributed by atoms with Crippen molar-refractivity contribution in [3.8, 4) is 0 Å². The van der Waals surface area contributed by atoms with Gasteiger partial charge in [0.05, 0.1) is 0 Å². The van der Waals surface area contributed by atoms with Crippen molar-refractivity contribution >= 4 is 9.24 Å². The average molecular weight is 238 g/mol. The second-order valence-electron chi connectivity index (χ2n) is 6.14. The Balaban J connectivity index is 1.87. The molecule has 0 bridgehead atoms. The number of rotatable bonds is 4. The Labute approximate surface area is 103 Å². The van der Waals surface area contributed by atoms with Crippen molar-refractivity contribution in [2.24, 2.45) is 23.7 Å². The van der Waals surface area contributed by atoms with E-state index < -0.39 is 0 Å². The molecule has 2 aliphatic carbocycles. The summed E-state index contributed by atoms with van der Waals surface area (Å²) >= 11 is 0. The second kappa shape index (κ2) is 5.67. The van der Waals surface area contributed by atoms with E-state index in [2.05, 4.69) is 22.7 Å². The van der Waals surface area contributed by atoms with Gasteiger partial charge in [0.1, 0.15) is 0 Å². The highest BCUT2D eigenvalue weighted by Crippen LogP contribution is 2.45. The summed E-state index contributed by atoms with van der Waals surface area (Å²) in [5.41, 5.74) is 0. The van der Waals surface area contributed by atoms with Crippen molar-refractivity contribution in [3.63, 3.8) is 0 Å². The summed E-state index contributed by atoms with van der Waals surface area (Å²) < 4.78 is 0. The number of hydrogen-bond acceptors (Lipinski definition) is 0. The largest absolute Gasteiger partial charge is 0.110 e. The van der Waals surface area contributed by atoms with Gasteiger partial charge in [-0.3, -0.25) is 0 Å². The molecule has 0 aromatic heterocycles. The van der Waals surface area contributed by atoms with E-state index in [0.29, 0.717) is 0 Å². The van der Waals surface area contributed by atoms with Gasteiger partial charge in [-0.25, -0.2) is 0 Å². The van der Waals surface area contributed by atoms with Crippen LogP contribution in [0.25, 0.3) is 0 Å². The zero-order valence-corrected chi connectivity index (χ0v) is 11.9. The van der Waals surface area contributed by atoms with Gasteiger partial charge < -0.3 is 0 Å². The molecule has 0 saturated heterocycles. The van der Waals surface area contributed by atoms with Gasteiger partial charge >= 0.3 is 0 Å². The maximum absolute atomic E-state index is 4.16. The molecule has 0 amide bonds. The fraction of sp³-hybridized carbons (Fsp3) is 0.867. The predicted octanol–water partition coefficient (Wildman–Crippen LogP) is 5.01. The Kier molecular flexibility index (Phi) is 4.48. The summed E-state index contributed by atoms with van der Waals surface area (Å²) in [6.45, 7) is 6.66. The van der Waals surface area contributed by atoms with Crippen molar-refractivity contribution in [1.29, 1.82) is 0 Å².